The van der Waals surface area contributed by atoms with Crippen molar-refractivity contribution in [2.45, 2.75) is 6.42 Å². The smallest absolute Gasteiger partial charge is 0.283 e. The van der Waals surface area contributed by atoms with Gasteiger partial charge in [-0.3, -0.25) is 10.2 Å². The van der Waals surface area contributed by atoms with Gasteiger partial charge in [0.2, 0.25) is 5.17 Å². The maximum atomic E-state index is 12.8. The van der Waals surface area contributed by atoms with Crippen molar-refractivity contribution >= 4 is 39.8 Å². The van der Waals surface area contributed by atoms with Gasteiger partial charge in [0, 0.05) is 12.5 Å². The van der Waals surface area contributed by atoms with Crippen molar-refractivity contribution in [3.8, 4) is 23.0 Å². The lowest BCUT2D eigenvalue weighted by atomic mass is 10.1. The van der Waals surface area contributed by atoms with Crippen LogP contribution in [-0.2, 0) is 11.2 Å². The van der Waals surface area contributed by atoms with Gasteiger partial charge in [-0.05, 0) is 53.2 Å². The lowest BCUT2D eigenvalue weighted by Crippen LogP contribution is -2.35. The van der Waals surface area contributed by atoms with Crippen molar-refractivity contribution in [3.05, 3.63) is 89.5 Å². The molecule has 0 atom stereocenters. The number of thioether (sulfide) groups is 1. The number of fused-ring (bicyclic) bond motifs is 1. The molecular weight excluding hydrogens is 516 g/mol. The van der Waals surface area contributed by atoms with Gasteiger partial charge in [0.15, 0.2) is 17.3 Å². The molecule has 9 nitrogen and oxygen atoms in total. The van der Waals surface area contributed by atoms with Crippen LogP contribution in [0, 0.1) is 5.41 Å². The summed E-state index contributed by atoms with van der Waals surface area (Å²) in [4.78, 5) is 17.0. The van der Waals surface area contributed by atoms with E-state index in [0.717, 1.165) is 10.6 Å². The van der Waals surface area contributed by atoms with E-state index < -0.39 is 5.91 Å². The van der Waals surface area contributed by atoms with Gasteiger partial charge in [-0.15, -0.1) is 0 Å². The first-order valence-electron chi connectivity index (χ1n) is 12.1. The molecule has 2 aliphatic heterocycles. The van der Waals surface area contributed by atoms with Gasteiger partial charge in [0.05, 0.1) is 19.8 Å². The summed E-state index contributed by atoms with van der Waals surface area (Å²) in [5, 5.41) is 15.7. The topological polar surface area (TPSA) is 106 Å². The first kappa shape index (κ1) is 26.1. The van der Waals surface area contributed by atoms with Crippen LogP contribution in [0.3, 0.4) is 0 Å². The summed E-state index contributed by atoms with van der Waals surface area (Å²) in [5.41, 5.74) is 1.91. The predicted octanol–water partition coefficient (Wildman–Crippen LogP) is 5.02. The summed E-state index contributed by atoms with van der Waals surface area (Å²) in [7, 11) is 3.15. The summed E-state index contributed by atoms with van der Waals surface area (Å²) >= 11 is 1.31. The molecule has 0 saturated carbocycles. The van der Waals surface area contributed by atoms with Crippen LogP contribution in [0.1, 0.15) is 11.1 Å². The molecule has 39 heavy (non-hydrogen) atoms. The maximum absolute atomic E-state index is 12.8. The van der Waals surface area contributed by atoms with E-state index >= 15 is 0 Å². The summed E-state index contributed by atoms with van der Waals surface area (Å²) in [6.45, 7) is 0.624. The Hall–Kier alpha value is -4.57. The number of nitrogens with one attached hydrogen (secondary N) is 1. The molecular formula is C29H26N4O5S. The second kappa shape index (κ2) is 11.9. The molecule has 0 radical (unpaired) electrons. The fraction of sp³-hybridized carbons (Fsp3) is 0.172. The van der Waals surface area contributed by atoms with Crippen LogP contribution < -0.4 is 18.9 Å². The third-order valence-corrected chi connectivity index (χ3v) is 6.75. The standard InChI is InChI=1S/C29H26N4O5S/c1-35-21-9-6-10-22(18-21)37-13-14-38-24-12-11-20(16-25(24)36-2)15-23-27(30)33-29(31-28(23)34)39-26(32-33)17-19-7-4-3-5-8-19/h3-12,15-16,18,30H,13-14,17H2,1-2H3. The molecule has 0 fully saturated rings. The highest BCUT2D eigenvalue weighted by Crippen LogP contribution is 2.32. The zero-order valence-corrected chi connectivity index (χ0v) is 22.2. The van der Waals surface area contributed by atoms with Gasteiger partial charge in [-0.1, -0.05) is 42.5 Å². The fourth-order valence-corrected chi connectivity index (χ4v) is 4.85. The van der Waals surface area contributed by atoms with Crippen molar-refractivity contribution in [1.29, 1.82) is 5.41 Å². The Labute approximate surface area is 230 Å². The number of carbonyl (C=O) groups is 1. The lowest BCUT2D eigenvalue weighted by molar-refractivity contribution is -0.114. The number of benzene rings is 3. The Bertz CT molecular complexity index is 1490. The van der Waals surface area contributed by atoms with E-state index in [0.29, 0.717) is 53.4 Å². The number of rotatable bonds is 10. The molecule has 1 amide bonds. The number of hydrazone groups is 1. The third kappa shape index (κ3) is 6.12. The molecule has 10 heteroatoms. The average Bonchev–Trinajstić information content (AvgIpc) is 3.36. The van der Waals surface area contributed by atoms with Crippen LogP contribution in [0.4, 0.5) is 0 Å². The Morgan fingerprint density at radius 2 is 1.69 bits per heavy atom. The molecule has 198 valence electrons. The van der Waals surface area contributed by atoms with E-state index in [1.54, 1.807) is 44.6 Å². The molecule has 0 unspecified atom stereocenters. The second-order valence-corrected chi connectivity index (χ2v) is 9.50. The number of ether oxygens (including phenoxy) is 4. The van der Waals surface area contributed by atoms with Gasteiger partial charge in [-0.2, -0.15) is 15.1 Å². The van der Waals surface area contributed by atoms with Crippen molar-refractivity contribution < 1.29 is 23.7 Å². The Morgan fingerprint density at radius 1 is 0.897 bits per heavy atom. The number of methoxy groups -OCH3 is 2. The second-order valence-electron chi connectivity index (χ2n) is 8.46. The normalized spacial score (nSPS) is 15.5. The van der Waals surface area contributed by atoms with Crippen LogP contribution in [-0.4, -0.2) is 54.4 Å². The van der Waals surface area contributed by atoms with Gasteiger partial charge in [0.25, 0.3) is 5.91 Å². The first-order chi connectivity index (χ1) is 19.0. The van der Waals surface area contributed by atoms with Crippen molar-refractivity contribution in [2.24, 2.45) is 10.1 Å². The molecule has 2 heterocycles. The SMILES string of the molecule is COc1cccc(OCCOc2ccc(C=C3C(=N)N4N=C(Cc5ccccc5)SC4=NC3=O)cc2OC)c1. The van der Waals surface area contributed by atoms with Gasteiger partial charge < -0.3 is 18.9 Å². The highest BCUT2D eigenvalue weighted by Gasteiger charge is 2.35. The zero-order chi connectivity index (χ0) is 27.2. The minimum Gasteiger partial charge on any atom is -0.497 e. The zero-order valence-electron chi connectivity index (χ0n) is 21.4. The van der Waals surface area contributed by atoms with Crippen molar-refractivity contribution in [2.75, 3.05) is 27.4 Å². The Kier molecular flexibility index (Phi) is 7.93. The van der Waals surface area contributed by atoms with Crippen molar-refractivity contribution in [3.63, 3.8) is 0 Å². The van der Waals surface area contributed by atoms with Crippen LogP contribution in [0.15, 0.2) is 88.5 Å². The largest absolute Gasteiger partial charge is 0.497 e. The molecule has 3 aromatic carbocycles. The molecule has 5 rings (SSSR count). The number of carbonyl (C=O) groups excluding carboxylic acids is 1. The minimum absolute atomic E-state index is 0.0189. The molecule has 0 bridgehead atoms. The Morgan fingerprint density at radius 3 is 2.49 bits per heavy atom. The molecule has 2 aliphatic rings. The fourth-order valence-electron chi connectivity index (χ4n) is 3.94. The molecule has 0 spiro atoms. The molecule has 3 aromatic rings. The number of nitrogens with zero attached hydrogens (tertiary/aromatic N) is 3. The van der Waals surface area contributed by atoms with E-state index in [1.165, 1.54) is 16.8 Å². The highest BCUT2D eigenvalue weighted by molar-refractivity contribution is 8.26. The molecule has 0 aromatic heterocycles. The van der Waals surface area contributed by atoms with E-state index in [2.05, 4.69) is 10.1 Å². The number of aliphatic imine (C=N–C) groups is 1. The number of amidine groups is 2. The van der Waals surface area contributed by atoms with E-state index in [-0.39, 0.29) is 11.4 Å². The lowest BCUT2D eigenvalue weighted by Gasteiger charge is -2.20. The van der Waals surface area contributed by atoms with Crippen molar-refractivity contribution in [1.82, 2.24) is 5.01 Å². The predicted molar refractivity (Wildman–Crippen MR) is 152 cm³/mol. The number of amides is 1. The third-order valence-electron chi connectivity index (χ3n) is 5.84. The Balaban J connectivity index is 1.25. The number of hydrogen-bond acceptors (Lipinski definition) is 8. The minimum atomic E-state index is -0.483. The maximum Gasteiger partial charge on any atom is 0.283 e. The van der Waals surface area contributed by atoms with Gasteiger partial charge in [-0.25, -0.2) is 0 Å². The van der Waals surface area contributed by atoms with Crippen LogP contribution in [0.2, 0.25) is 0 Å². The summed E-state index contributed by atoms with van der Waals surface area (Å²) in [6, 6.07) is 22.5. The monoisotopic (exact) mass is 542 g/mol. The molecule has 0 aliphatic carbocycles. The van der Waals surface area contributed by atoms with Crippen LogP contribution in [0.5, 0.6) is 23.0 Å². The highest BCUT2D eigenvalue weighted by atomic mass is 32.2. The van der Waals surface area contributed by atoms with E-state index in [9.17, 15) is 4.79 Å². The van der Waals surface area contributed by atoms with Crippen LogP contribution >= 0.6 is 11.8 Å². The summed E-state index contributed by atoms with van der Waals surface area (Å²) in [5.74, 6) is 1.92. The van der Waals surface area contributed by atoms with Gasteiger partial charge >= 0.3 is 0 Å². The average molecular weight is 543 g/mol. The first-order valence-corrected chi connectivity index (χ1v) is 13.0. The van der Waals surface area contributed by atoms with E-state index in [1.807, 2.05) is 48.5 Å². The quantitative estimate of drug-likeness (QED) is 0.283. The summed E-state index contributed by atoms with van der Waals surface area (Å²) in [6.07, 6.45) is 2.21. The van der Waals surface area contributed by atoms with E-state index in [4.69, 9.17) is 24.4 Å². The summed E-state index contributed by atoms with van der Waals surface area (Å²) < 4.78 is 22.3. The molecule has 1 N–H and O–H groups in total. The molecule has 0 saturated heterocycles. The number of hydrogen-bond donors (Lipinski definition) is 1. The van der Waals surface area contributed by atoms with Crippen LogP contribution in [0.25, 0.3) is 6.08 Å². The van der Waals surface area contributed by atoms with Gasteiger partial charge in [0.1, 0.15) is 29.8 Å².